The summed E-state index contributed by atoms with van der Waals surface area (Å²) in [5.41, 5.74) is 3.37. The van der Waals surface area contributed by atoms with Gasteiger partial charge in [0.1, 0.15) is 0 Å². The fraction of sp³-hybridized carbons (Fsp3) is 0.222. The third kappa shape index (κ3) is 1.21. The molecule has 2 aromatic carbocycles. The van der Waals surface area contributed by atoms with E-state index in [4.69, 9.17) is 0 Å². The summed E-state index contributed by atoms with van der Waals surface area (Å²) in [6, 6.07) is 22.0. The van der Waals surface area contributed by atoms with Gasteiger partial charge in [0.15, 0.2) is 0 Å². The molecule has 2 aliphatic carbocycles. The summed E-state index contributed by atoms with van der Waals surface area (Å²) < 4.78 is 0. The van der Waals surface area contributed by atoms with E-state index >= 15 is 0 Å². The standard InChI is InChI=1S/C18H16/c1-3-8-14(9-4-1)17-16-12-7-13-18(16,17)15-10-5-2-6-11-15/h1-12,16-17H,13H2/t16-,17+,18+/m0/s1. The van der Waals surface area contributed by atoms with E-state index in [1.54, 1.807) is 0 Å². The predicted molar refractivity (Wildman–Crippen MR) is 74.6 cm³/mol. The minimum absolute atomic E-state index is 0.364. The van der Waals surface area contributed by atoms with Crippen LogP contribution in [0.25, 0.3) is 0 Å². The van der Waals surface area contributed by atoms with E-state index in [1.807, 2.05) is 0 Å². The Morgan fingerprint density at radius 1 is 0.833 bits per heavy atom. The molecule has 3 atom stereocenters. The highest BCUT2D eigenvalue weighted by Crippen LogP contribution is 2.70. The normalized spacial score (nSPS) is 32.2. The first kappa shape index (κ1) is 10.1. The molecule has 0 unspecified atom stereocenters. The second-order valence-corrected chi connectivity index (χ2v) is 5.45. The number of hydrogen-bond donors (Lipinski definition) is 0. The molecule has 0 aliphatic heterocycles. The Balaban J connectivity index is 1.78. The number of rotatable bonds is 2. The average molecular weight is 232 g/mol. The summed E-state index contributed by atoms with van der Waals surface area (Å²) in [7, 11) is 0. The number of fused-ring (bicyclic) bond motifs is 1. The van der Waals surface area contributed by atoms with E-state index in [0.717, 1.165) is 0 Å². The van der Waals surface area contributed by atoms with Crippen molar-refractivity contribution < 1.29 is 0 Å². The fourth-order valence-electron chi connectivity index (χ4n) is 3.83. The molecule has 0 nitrogen and oxygen atoms in total. The molecule has 0 N–H and O–H groups in total. The lowest BCUT2D eigenvalue weighted by Crippen LogP contribution is -2.08. The lowest BCUT2D eigenvalue weighted by atomic mass is 9.88. The zero-order valence-corrected chi connectivity index (χ0v) is 10.3. The topological polar surface area (TPSA) is 0 Å². The van der Waals surface area contributed by atoms with Crippen LogP contribution in [0.15, 0.2) is 72.8 Å². The van der Waals surface area contributed by atoms with Gasteiger partial charge in [0.05, 0.1) is 0 Å². The fourth-order valence-corrected chi connectivity index (χ4v) is 3.83. The molecule has 0 saturated heterocycles. The highest BCUT2D eigenvalue weighted by Gasteiger charge is 2.65. The Labute approximate surface area is 108 Å². The van der Waals surface area contributed by atoms with E-state index in [2.05, 4.69) is 72.8 Å². The van der Waals surface area contributed by atoms with Crippen LogP contribution in [0.1, 0.15) is 23.5 Å². The molecule has 0 aromatic heterocycles. The minimum atomic E-state index is 0.364. The zero-order valence-electron chi connectivity index (χ0n) is 10.3. The highest BCUT2D eigenvalue weighted by molar-refractivity contribution is 5.51. The quantitative estimate of drug-likeness (QED) is 0.677. The Kier molecular flexibility index (Phi) is 2.02. The molecule has 4 rings (SSSR count). The van der Waals surface area contributed by atoms with Crippen LogP contribution in [0.2, 0.25) is 0 Å². The van der Waals surface area contributed by atoms with E-state index in [1.165, 1.54) is 17.5 Å². The molecule has 0 bridgehead atoms. The van der Waals surface area contributed by atoms with Gasteiger partial charge in [0, 0.05) is 11.3 Å². The van der Waals surface area contributed by atoms with Gasteiger partial charge in [0.2, 0.25) is 0 Å². The maximum Gasteiger partial charge on any atom is 0.0131 e. The van der Waals surface area contributed by atoms with Crippen molar-refractivity contribution >= 4 is 0 Å². The van der Waals surface area contributed by atoms with Crippen molar-refractivity contribution in [3.05, 3.63) is 83.9 Å². The van der Waals surface area contributed by atoms with Gasteiger partial charge in [-0.25, -0.2) is 0 Å². The molecule has 1 fully saturated rings. The molecule has 0 heterocycles. The highest BCUT2D eigenvalue weighted by atomic mass is 14.7. The molecule has 0 radical (unpaired) electrons. The van der Waals surface area contributed by atoms with Crippen molar-refractivity contribution in [2.75, 3.05) is 0 Å². The van der Waals surface area contributed by atoms with E-state index in [9.17, 15) is 0 Å². The van der Waals surface area contributed by atoms with Gasteiger partial charge in [0.25, 0.3) is 0 Å². The Morgan fingerprint density at radius 3 is 2.22 bits per heavy atom. The zero-order chi connectivity index (χ0) is 12.0. The summed E-state index contributed by atoms with van der Waals surface area (Å²) in [6.07, 6.45) is 5.98. The van der Waals surface area contributed by atoms with Gasteiger partial charge >= 0.3 is 0 Å². The SMILES string of the molecule is C1=C[C@H]2[C@@H](c3ccccc3)[C@@]2(c2ccccc2)C1. The van der Waals surface area contributed by atoms with Crippen molar-refractivity contribution in [2.45, 2.75) is 17.8 Å². The largest absolute Gasteiger partial charge is 0.0873 e. The lowest BCUT2D eigenvalue weighted by molar-refractivity contribution is 0.675. The molecule has 2 aromatic rings. The van der Waals surface area contributed by atoms with Gasteiger partial charge < -0.3 is 0 Å². The van der Waals surface area contributed by atoms with Crippen molar-refractivity contribution in [3.8, 4) is 0 Å². The predicted octanol–water partition coefficient (Wildman–Crippen LogP) is 4.30. The van der Waals surface area contributed by atoms with Crippen LogP contribution in [0, 0.1) is 5.92 Å². The summed E-state index contributed by atoms with van der Waals surface area (Å²) in [6.45, 7) is 0. The van der Waals surface area contributed by atoms with E-state index < -0.39 is 0 Å². The first-order valence-corrected chi connectivity index (χ1v) is 6.70. The van der Waals surface area contributed by atoms with Gasteiger partial charge in [-0.1, -0.05) is 72.8 Å². The van der Waals surface area contributed by atoms with E-state index in [-0.39, 0.29) is 0 Å². The first-order valence-electron chi connectivity index (χ1n) is 6.70. The monoisotopic (exact) mass is 232 g/mol. The molecular formula is C18H16. The Morgan fingerprint density at radius 2 is 1.50 bits per heavy atom. The molecule has 88 valence electrons. The van der Waals surface area contributed by atoms with Crippen LogP contribution in [0.3, 0.4) is 0 Å². The maximum absolute atomic E-state index is 2.42. The van der Waals surface area contributed by atoms with E-state index in [0.29, 0.717) is 17.3 Å². The second-order valence-electron chi connectivity index (χ2n) is 5.45. The molecule has 2 aliphatic rings. The molecule has 1 saturated carbocycles. The van der Waals surface area contributed by atoms with Crippen LogP contribution in [-0.4, -0.2) is 0 Å². The van der Waals surface area contributed by atoms with Crippen LogP contribution in [0.4, 0.5) is 0 Å². The number of allylic oxidation sites excluding steroid dienone is 2. The average Bonchev–Trinajstić information content (AvgIpc) is 2.90. The van der Waals surface area contributed by atoms with Gasteiger partial charge in [-0.15, -0.1) is 0 Å². The molecular weight excluding hydrogens is 216 g/mol. The third-order valence-corrected chi connectivity index (χ3v) is 4.67. The molecule has 18 heavy (non-hydrogen) atoms. The number of benzene rings is 2. The summed E-state index contributed by atoms with van der Waals surface area (Å²) in [4.78, 5) is 0. The minimum Gasteiger partial charge on any atom is -0.0873 e. The van der Waals surface area contributed by atoms with Crippen molar-refractivity contribution in [3.63, 3.8) is 0 Å². The van der Waals surface area contributed by atoms with Crippen LogP contribution in [-0.2, 0) is 5.41 Å². The van der Waals surface area contributed by atoms with Gasteiger partial charge in [-0.2, -0.15) is 0 Å². The first-order chi connectivity index (χ1) is 8.93. The molecule has 0 heteroatoms. The van der Waals surface area contributed by atoms with Crippen molar-refractivity contribution in [1.82, 2.24) is 0 Å². The third-order valence-electron chi connectivity index (χ3n) is 4.67. The summed E-state index contributed by atoms with van der Waals surface area (Å²) in [5.74, 6) is 1.40. The Hall–Kier alpha value is -1.82. The maximum atomic E-state index is 2.42. The summed E-state index contributed by atoms with van der Waals surface area (Å²) >= 11 is 0. The number of hydrogen-bond acceptors (Lipinski definition) is 0. The van der Waals surface area contributed by atoms with Crippen molar-refractivity contribution in [2.24, 2.45) is 5.92 Å². The Bertz CT molecular complexity index is 582. The van der Waals surface area contributed by atoms with Gasteiger partial charge in [-0.3, -0.25) is 0 Å². The van der Waals surface area contributed by atoms with Crippen LogP contribution in [0.5, 0.6) is 0 Å². The van der Waals surface area contributed by atoms with Crippen LogP contribution < -0.4 is 0 Å². The van der Waals surface area contributed by atoms with Crippen molar-refractivity contribution in [1.29, 1.82) is 0 Å². The lowest BCUT2D eigenvalue weighted by Gasteiger charge is -2.15. The smallest absolute Gasteiger partial charge is 0.0131 e. The summed E-state index contributed by atoms with van der Waals surface area (Å²) in [5, 5.41) is 0. The second kappa shape index (κ2) is 3.58. The molecule has 0 amide bonds. The van der Waals surface area contributed by atoms with Crippen LogP contribution >= 0.6 is 0 Å². The molecule has 0 spiro atoms. The van der Waals surface area contributed by atoms with Gasteiger partial charge in [-0.05, 0) is 23.5 Å².